The fourth-order valence-corrected chi connectivity index (χ4v) is 5.63. The van der Waals surface area contributed by atoms with E-state index in [1.54, 1.807) is 6.20 Å². The van der Waals surface area contributed by atoms with E-state index in [1.807, 2.05) is 18.3 Å². The Morgan fingerprint density at radius 1 is 1.17 bits per heavy atom. The number of nitrogens with one attached hydrogen (secondary N) is 1. The van der Waals surface area contributed by atoms with Crippen molar-refractivity contribution in [1.82, 2.24) is 35.1 Å². The molecule has 4 aromatic rings. The zero-order valence-corrected chi connectivity index (χ0v) is 21.4. The van der Waals surface area contributed by atoms with Crippen molar-refractivity contribution < 1.29 is 0 Å². The summed E-state index contributed by atoms with van der Waals surface area (Å²) in [5, 5.41) is 14.1. The summed E-state index contributed by atoms with van der Waals surface area (Å²) in [4.78, 5) is 23.1. The minimum atomic E-state index is -0.0469. The third-order valence-corrected chi connectivity index (χ3v) is 7.36. The number of aromatic nitrogens is 6. The van der Waals surface area contributed by atoms with Crippen LogP contribution in [0.4, 0.5) is 0 Å². The van der Waals surface area contributed by atoms with Crippen molar-refractivity contribution >= 4 is 10.9 Å². The second-order valence-corrected chi connectivity index (χ2v) is 10.2. The summed E-state index contributed by atoms with van der Waals surface area (Å²) in [7, 11) is 0. The van der Waals surface area contributed by atoms with Crippen LogP contribution in [-0.4, -0.2) is 35.1 Å². The number of hydrogen-bond donors (Lipinski definition) is 1. The van der Waals surface area contributed by atoms with Gasteiger partial charge in [0, 0.05) is 41.9 Å². The monoisotopic (exact) mass is 485 g/mol. The molecule has 1 atom stereocenters. The van der Waals surface area contributed by atoms with Crippen molar-refractivity contribution in [1.29, 1.82) is 0 Å². The van der Waals surface area contributed by atoms with Gasteiger partial charge in [0.2, 0.25) is 0 Å². The molecule has 0 radical (unpaired) electrons. The van der Waals surface area contributed by atoms with Gasteiger partial charge in [0.15, 0.2) is 5.82 Å². The maximum Gasteiger partial charge on any atom is 0.252 e. The van der Waals surface area contributed by atoms with Gasteiger partial charge in [0.1, 0.15) is 0 Å². The van der Waals surface area contributed by atoms with E-state index in [0.717, 1.165) is 64.7 Å². The highest BCUT2D eigenvalue weighted by molar-refractivity contribution is 5.83. The topological polar surface area (TPSA) is 92.6 Å². The normalized spacial score (nSPS) is 15.2. The standard InChI is InChI=1S/C28H35N7O/c1-4-8-26(27-31-32-33-35(27)23-10-5-6-11-23)34(17-21-9-7-12-29-16-21)18-22-15-24-20(3)13-19(2)14-25(24)30-28(22)36/h7,9,12-16,23,26H,4-6,8,10-11,17-18H2,1-3H3,(H,30,36). The van der Waals surface area contributed by atoms with Gasteiger partial charge in [-0.2, -0.15) is 0 Å². The van der Waals surface area contributed by atoms with Crippen LogP contribution < -0.4 is 5.56 Å². The smallest absolute Gasteiger partial charge is 0.252 e. The lowest BCUT2D eigenvalue weighted by atomic mass is 10.0. The van der Waals surface area contributed by atoms with Gasteiger partial charge in [-0.1, -0.05) is 38.3 Å². The number of rotatable bonds is 9. The highest BCUT2D eigenvalue weighted by Gasteiger charge is 2.30. The second kappa shape index (κ2) is 10.7. The Kier molecular flexibility index (Phi) is 7.23. The molecular weight excluding hydrogens is 450 g/mol. The SMILES string of the molecule is CCCC(c1nnnn1C1CCCC1)N(Cc1cccnc1)Cc1cc2c(C)cc(C)cc2[nH]c1=O. The first kappa shape index (κ1) is 24.3. The van der Waals surface area contributed by atoms with Crippen LogP contribution in [0.25, 0.3) is 10.9 Å². The number of fused-ring (bicyclic) bond motifs is 1. The molecule has 1 N–H and O–H groups in total. The zero-order chi connectivity index (χ0) is 25.1. The molecule has 3 aromatic heterocycles. The van der Waals surface area contributed by atoms with E-state index < -0.39 is 0 Å². The number of hydrogen-bond acceptors (Lipinski definition) is 6. The summed E-state index contributed by atoms with van der Waals surface area (Å²) in [6.07, 6.45) is 10.2. The van der Waals surface area contributed by atoms with Crippen LogP contribution in [0.2, 0.25) is 0 Å². The van der Waals surface area contributed by atoms with E-state index in [9.17, 15) is 4.79 Å². The average molecular weight is 486 g/mol. The third-order valence-electron chi connectivity index (χ3n) is 7.36. The Hall–Kier alpha value is -3.39. The number of pyridine rings is 2. The van der Waals surface area contributed by atoms with Gasteiger partial charge in [0.05, 0.1) is 12.1 Å². The highest BCUT2D eigenvalue weighted by atomic mass is 16.1. The minimum absolute atomic E-state index is 0.0139. The van der Waals surface area contributed by atoms with E-state index in [1.165, 1.54) is 12.8 Å². The van der Waals surface area contributed by atoms with Gasteiger partial charge in [-0.25, -0.2) is 4.68 Å². The summed E-state index contributed by atoms with van der Waals surface area (Å²) in [6.45, 7) is 7.49. The molecule has 36 heavy (non-hydrogen) atoms. The van der Waals surface area contributed by atoms with Crippen LogP contribution in [0.1, 0.15) is 85.6 Å². The Morgan fingerprint density at radius 2 is 2.00 bits per heavy atom. The molecule has 5 rings (SSSR count). The number of aryl methyl sites for hydroxylation is 2. The minimum Gasteiger partial charge on any atom is -0.322 e. The van der Waals surface area contributed by atoms with Crippen molar-refractivity contribution in [3.8, 4) is 0 Å². The van der Waals surface area contributed by atoms with Crippen molar-refractivity contribution in [3.63, 3.8) is 0 Å². The lowest BCUT2D eigenvalue weighted by Gasteiger charge is -2.31. The molecule has 3 heterocycles. The molecule has 0 spiro atoms. The molecule has 0 aliphatic heterocycles. The summed E-state index contributed by atoms with van der Waals surface area (Å²) in [6, 6.07) is 10.6. The van der Waals surface area contributed by atoms with E-state index in [-0.39, 0.29) is 11.6 Å². The predicted octanol–water partition coefficient (Wildman–Crippen LogP) is 5.19. The average Bonchev–Trinajstić information content (AvgIpc) is 3.56. The summed E-state index contributed by atoms with van der Waals surface area (Å²) >= 11 is 0. The molecule has 1 aromatic carbocycles. The molecule has 1 unspecified atom stereocenters. The number of aromatic amines is 1. The fraction of sp³-hybridized carbons (Fsp3) is 0.464. The fourth-order valence-electron chi connectivity index (χ4n) is 5.63. The first-order valence-electron chi connectivity index (χ1n) is 13.1. The van der Waals surface area contributed by atoms with Gasteiger partial charge in [-0.15, -0.1) is 5.10 Å². The molecule has 0 bridgehead atoms. The van der Waals surface area contributed by atoms with Crippen LogP contribution in [0.15, 0.2) is 47.5 Å². The van der Waals surface area contributed by atoms with Crippen LogP contribution in [0.5, 0.6) is 0 Å². The summed E-state index contributed by atoms with van der Waals surface area (Å²) in [5.41, 5.74) is 4.99. The van der Waals surface area contributed by atoms with Crippen molar-refractivity contribution in [2.75, 3.05) is 0 Å². The predicted molar refractivity (Wildman–Crippen MR) is 140 cm³/mol. The molecule has 0 saturated heterocycles. The first-order chi connectivity index (χ1) is 17.5. The molecule has 0 amide bonds. The maximum absolute atomic E-state index is 13.2. The van der Waals surface area contributed by atoms with Gasteiger partial charge in [0.25, 0.3) is 5.56 Å². The molecule has 8 nitrogen and oxygen atoms in total. The van der Waals surface area contributed by atoms with E-state index in [2.05, 4.69) is 74.0 Å². The Balaban J connectivity index is 1.56. The van der Waals surface area contributed by atoms with Crippen molar-refractivity contribution in [3.05, 3.63) is 81.2 Å². The van der Waals surface area contributed by atoms with E-state index in [0.29, 0.717) is 19.1 Å². The molecule has 1 fully saturated rings. The van der Waals surface area contributed by atoms with E-state index in [4.69, 9.17) is 0 Å². The van der Waals surface area contributed by atoms with E-state index >= 15 is 0 Å². The zero-order valence-electron chi connectivity index (χ0n) is 21.4. The Labute approximate surface area is 211 Å². The van der Waals surface area contributed by atoms with Crippen molar-refractivity contribution in [2.45, 2.75) is 84.5 Å². The number of tetrazole rings is 1. The summed E-state index contributed by atoms with van der Waals surface area (Å²) < 4.78 is 2.06. The maximum atomic E-state index is 13.2. The molecule has 8 heteroatoms. The molecule has 1 aliphatic carbocycles. The van der Waals surface area contributed by atoms with Crippen LogP contribution in [0, 0.1) is 13.8 Å². The highest BCUT2D eigenvalue weighted by Crippen LogP contribution is 2.34. The number of nitrogens with zero attached hydrogens (tertiary/aromatic N) is 6. The Bertz CT molecular complexity index is 1370. The van der Waals surface area contributed by atoms with Gasteiger partial charge in [-0.3, -0.25) is 14.7 Å². The quantitative estimate of drug-likeness (QED) is 0.351. The van der Waals surface area contributed by atoms with Crippen molar-refractivity contribution in [2.24, 2.45) is 0 Å². The number of benzene rings is 1. The largest absolute Gasteiger partial charge is 0.322 e. The molecular formula is C28H35N7O. The molecule has 1 aliphatic rings. The lowest BCUT2D eigenvalue weighted by molar-refractivity contribution is 0.153. The first-order valence-corrected chi connectivity index (χ1v) is 13.1. The second-order valence-electron chi connectivity index (χ2n) is 10.2. The van der Waals surface area contributed by atoms with Crippen LogP contribution in [-0.2, 0) is 13.1 Å². The van der Waals surface area contributed by atoms with Gasteiger partial charge < -0.3 is 4.98 Å². The summed E-state index contributed by atoms with van der Waals surface area (Å²) in [5.74, 6) is 0.900. The van der Waals surface area contributed by atoms with Gasteiger partial charge >= 0.3 is 0 Å². The van der Waals surface area contributed by atoms with Crippen LogP contribution >= 0.6 is 0 Å². The van der Waals surface area contributed by atoms with Gasteiger partial charge in [-0.05, 0) is 78.4 Å². The van der Waals surface area contributed by atoms with Crippen LogP contribution in [0.3, 0.4) is 0 Å². The third kappa shape index (κ3) is 5.09. The number of H-pyrrole nitrogens is 1. The Morgan fingerprint density at radius 3 is 2.75 bits per heavy atom. The molecule has 1 saturated carbocycles. The lowest BCUT2D eigenvalue weighted by Crippen LogP contribution is -2.33. The molecule has 188 valence electrons.